The maximum Gasteiger partial charge on any atom is 0.246 e. The molecular formula is C26H23ClFN5O3. The summed E-state index contributed by atoms with van der Waals surface area (Å²) in [7, 11) is 0. The molecule has 2 aromatic carbocycles. The van der Waals surface area contributed by atoms with Gasteiger partial charge < -0.3 is 25.0 Å². The molecule has 3 aliphatic heterocycles. The fraction of sp³-hybridized carbons (Fsp3) is 0.269. The number of carbonyl (C=O) groups is 1. The van der Waals surface area contributed by atoms with E-state index in [1.807, 2.05) is 30.0 Å². The van der Waals surface area contributed by atoms with E-state index in [1.54, 1.807) is 11.1 Å². The van der Waals surface area contributed by atoms with Gasteiger partial charge in [-0.1, -0.05) is 30.3 Å². The first kappa shape index (κ1) is 22.8. The highest BCUT2D eigenvalue weighted by molar-refractivity contribution is 6.36. The highest BCUT2D eigenvalue weighted by Crippen LogP contribution is 2.50. The minimum absolute atomic E-state index is 0.0884. The molecule has 0 spiro atoms. The molecule has 184 valence electrons. The van der Waals surface area contributed by atoms with E-state index in [-0.39, 0.29) is 34.7 Å². The molecule has 2 atom stereocenters. The molecule has 1 amide bonds. The van der Waals surface area contributed by atoms with Crippen molar-refractivity contribution in [2.45, 2.75) is 19.2 Å². The van der Waals surface area contributed by atoms with Crippen LogP contribution in [0.1, 0.15) is 22.9 Å². The van der Waals surface area contributed by atoms with Crippen molar-refractivity contribution >= 4 is 40.3 Å². The van der Waals surface area contributed by atoms with Gasteiger partial charge in [0.25, 0.3) is 0 Å². The molecule has 4 heterocycles. The van der Waals surface area contributed by atoms with Gasteiger partial charge in [0.2, 0.25) is 5.91 Å². The maximum atomic E-state index is 16.4. The molecule has 8 nitrogen and oxygen atoms in total. The van der Waals surface area contributed by atoms with E-state index >= 15 is 4.39 Å². The number of aromatic nitrogens is 2. The Labute approximate surface area is 211 Å². The Hall–Kier alpha value is -3.69. The third-order valence-corrected chi connectivity index (χ3v) is 7.45. The van der Waals surface area contributed by atoms with Crippen molar-refractivity contribution in [3.05, 3.63) is 64.8 Å². The topological polar surface area (TPSA) is 90.8 Å². The van der Waals surface area contributed by atoms with Crippen LogP contribution in [-0.2, 0) is 4.79 Å². The van der Waals surface area contributed by atoms with Crippen molar-refractivity contribution < 1.29 is 19.0 Å². The summed E-state index contributed by atoms with van der Waals surface area (Å²) in [5.41, 5.74) is 2.74. The van der Waals surface area contributed by atoms with Gasteiger partial charge in [0.1, 0.15) is 24.3 Å². The molecule has 6 rings (SSSR count). The number of amides is 1. The Morgan fingerprint density at radius 1 is 1.33 bits per heavy atom. The Kier molecular flexibility index (Phi) is 5.35. The van der Waals surface area contributed by atoms with E-state index in [1.165, 1.54) is 12.4 Å². The van der Waals surface area contributed by atoms with Crippen LogP contribution in [0.2, 0.25) is 5.02 Å². The van der Waals surface area contributed by atoms with E-state index in [2.05, 4.69) is 21.9 Å². The number of piperazine rings is 1. The molecular weight excluding hydrogens is 485 g/mol. The number of aliphatic hydroxyl groups is 1. The molecule has 0 bridgehead atoms. The highest BCUT2D eigenvalue weighted by Gasteiger charge is 2.37. The first-order valence-corrected chi connectivity index (χ1v) is 12.0. The van der Waals surface area contributed by atoms with Crippen LogP contribution in [0, 0.1) is 12.7 Å². The lowest BCUT2D eigenvalue weighted by Gasteiger charge is -2.40. The van der Waals surface area contributed by atoms with Gasteiger partial charge in [0.15, 0.2) is 17.8 Å². The summed E-state index contributed by atoms with van der Waals surface area (Å²) in [5.74, 6) is 0.0526. The minimum Gasteiger partial charge on any atom is -0.489 e. The summed E-state index contributed by atoms with van der Waals surface area (Å²) >= 11 is 6.93. The fourth-order valence-corrected chi connectivity index (χ4v) is 5.70. The van der Waals surface area contributed by atoms with E-state index in [0.29, 0.717) is 47.7 Å². The Balaban J connectivity index is 1.57. The van der Waals surface area contributed by atoms with Crippen molar-refractivity contribution in [3.63, 3.8) is 0 Å². The van der Waals surface area contributed by atoms with Crippen molar-refractivity contribution in [3.8, 4) is 16.9 Å². The van der Waals surface area contributed by atoms with Gasteiger partial charge in [0, 0.05) is 30.8 Å². The van der Waals surface area contributed by atoms with Crippen LogP contribution in [0.4, 0.5) is 10.2 Å². The number of nitrogens with one attached hydrogen (secondary N) is 1. The van der Waals surface area contributed by atoms with Crippen molar-refractivity contribution in [2.75, 3.05) is 31.1 Å². The molecule has 3 aliphatic rings. The van der Waals surface area contributed by atoms with Crippen LogP contribution >= 0.6 is 11.6 Å². The van der Waals surface area contributed by atoms with E-state index in [4.69, 9.17) is 16.3 Å². The molecule has 36 heavy (non-hydrogen) atoms. The van der Waals surface area contributed by atoms with Gasteiger partial charge in [-0.15, -0.1) is 0 Å². The van der Waals surface area contributed by atoms with Crippen LogP contribution in [-0.4, -0.2) is 58.2 Å². The van der Waals surface area contributed by atoms with Gasteiger partial charge in [-0.05, 0) is 42.0 Å². The molecule has 1 saturated heterocycles. The number of halogens is 2. The summed E-state index contributed by atoms with van der Waals surface area (Å²) in [6.45, 7) is 7.03. The van der Waals surface area contributed by atoms with Gasteiger partial charge in [0.05, 0.1) is 16.5 Å². The highest BCUT2D eigenvalue weighted by atomic mass is 35.5. The third kappa shape index (κ3) is 3.26. The fourth-order valence-electron chi connectivity index (χ4n) is 5.38. The number of hydrogen-bond acceptors (Lipinski definition) is 7. The number of fused-ring (bicyclic) bond motifs is 3. The summed E-state index contributed by atoms with van der Waals surface area (Å²) in [6.07, 6.45) is 5.06. The molecule has 10 heteroatoms. The van der Waals surface area contributed by atoms with Crippen LogP contribution in [0.3, 0.4) is 0 Å². The smallest absolute Gasteiger partial charge is 0.246 e. The molecule has 0 aliphatic carbocycles. The number of nitrogens with zero attached hydrogens (tertiary/aromatic N) is 4. The SMILES string of the molecule is C=CC(=O)N1CCN2c3ncnc4c(F)c(-c5c(C)ccc6c5C(O)NC=C6)c(Cl)c(c34)OC[C@@H]2C1. The number of aliphatic hydroxyl groups excluding tert-OH is 1. The van der Waals surface area contributed by atoms with Crippen molar-refractivity contribution in [1.82, 2.24) is 20.2 Å². The maximum absolute atomic E-state index is 16.4. The zero-order valence-electron chi connectivity index (χ0n) is 19.5. The number of aryl methyl sites for hydroxylation is 1. The number of hydrogen-bond donors (Lipinski definition) is 2. The Bertz CT molecular complexity index is 1480. The molecule has 1 unspecified atom stereocenters. The largest absolute Gasteiger partial charge is 0.489 e. The monoisotopic (exact) mass is 507 g/mol. The van der Waals surface area contributed by atoms with E-state index in [0.717, 1.165) is 11.1 Å². The Morgan fingerprint density at radius 3 is 2.97 bits per heavy atom. The lowest BCUT2D eigenvalue weighted by atomic mass is 9.88. The predicted molar refractivity (Wildman–Crippen MR) is 135 cm³/mol. The quantitative estimate of drug-likeness (QED) is 0.512. The number of anilines is 1. The summed E-state index contributed by atoms with van der Waals surface area (Å²) < 4.78 is 22.6. The van der Waals surface area contributed by atoms with E-state index < -0.39 is 12.0 Å². The number of ether oxygens (including phenoxy) is 1. The minimum atomic E-state index is -1.03. The first-order valence-electron chi connectivity index (χ1n) is 11.6. The third-order valence-electron chi connectivity index (χ3n) is 7.09. The summed E-state index contributed by atoms with van der Waals surface area (Å²) in [6, 6.07) is 3.53. The van der Waals surface area contributed by atoms with Crippen LogP contribution in [0.25, 0.3) is 28.1 Å². The number of rotatable bonds is 2. The molecule has 1 fully saturated rings. The van der Waals surface area contributed by atoms with Crippen molar-refractivity contribution in [1.29, 1.82) is 0 Å². The van der Waals surface area contributed by atoms with Gasteiger partial charge >= 0.3 is 0 Å². The van der Waals surface area contributed by atoms with Crippen LogP contribution in [0.5, 0.6) is 5.75 Å². The van der Waals surface area contributed by atoms with Crippen molar-refractivity contribution in [2.24, 2.45) is 0 Å². The summed E-state index contributed by atoms with van der Waals surface area (Å²) in [4.78, 5) is 24.7. The molecule has 2 N–H and O–H groups in total. The number of benzene rings is 2. The van der Waals surface area contributed by atoms with E-state index in [9.17, 15) is 9.90 Å². The van der Waals surface area contributed by atoms with Crippen LogP contribution < -0.4 is 15.0 Å². The second-order valence-electron chi connectivity index (χ2n) is 9.06. The lowest BCUT2D eigenvalue weighted by Crippen LogP contribution is -2.56. The Morgan fingerprint density at radius 2 is 2.17 bits per heavy atom. The van der Waals surface area contributed by atoms with Gasteiger partial charge in [-0.2, -0.15) is 0 Å². The average Bonchev–Trinajstić information content (AvgIpc) is 3.05. The molecule has 0 radical (unpaired) electrons. The first-order chi connectivity index (χ1) is 17.4. The average molecular weight is 508 g/mol. The standard InChI is InChI=1S/C26H23ClFN5O3/c1-3-16(34)32-8-9-33-15(10-32)11-36-24-20-23(30-12-31-25(20)33)22(28)19(21(24)27)17-13(2)4-5-14-6-7-29-26(35)18(14)17/h3-7,12,15,26,29,35H,1,8-11H2,2H3/t15-,26?/m0/s1. The second-order valence-corrected chi connectivity index (χ2v) is 9.44. The normalized spacial score (nSPS) is 20.2. The summed E-state index contributed by atoms with van der Waals surface area (Å²) in [5, 5.41) is 14.1. The van der Waals surface area contributed by atoms with Gasteiger partial charge in [-0.3, -0.25) is 4.79 Å². The lowest BCUT2D eigenvalue weighted by molar-refractivity contribution is -0.126. The second kappa shape index (κ2) is 8.46. The predicted octanol–water partition coefficient (Wildman–Crippen LogP) is 3.56. The van der Waals surface area contributed by atoms with Gasteiger partial charge in [-0.25, -0.2) is 14.4 Å². The van der Waals surface area contributed by atoms with Crippen LogP contribution in [0.15, 0.2) is 37.3 Å². The molecule has 3 aromatic rings. The number of carbonyl (C=O) groups excluding carboxylic acids is 1. The molecule has 1 aromatic heterocycles. The zero-order valence-corrected chi connectivity index (χ0v) is 20.2. The zero-order chi connectivity index (χ0) is 25.1. The molecule has 0 saturated carbocycles.